The van der Waals surface area contributed by atoms with E-state index in [1.54, 1.807) is 0 Å². The van der Waals surface area contributed by atoms with Gasteiger partial charge >= 0.3 is 0 Å². The average Bonchev–Trinajstić information content (AvgIpc) is 2.86. The molecule has 1 aromatic heterocycles. The van der Waals surface area contributed by atoms with E-state index in [1.165, 1.54) is 10.9 Å². The molecule has 0 saturated carbocycles. The van der Waals surface area contributed by atoms with E-state index in [2.05, 4.69) is 28.1 Å². The Hall–Kier alpha value is -1.94. The minimum Gasteiger partial charge on any atom is -0.369 e. The van der Waals surface area contributed by atoms with E-state index in [4.69, 9.17) is 5.73 Å². The number of carbonyl (C=O) groups excluding carboxylic acids is 1. The van der Waals surface area contributed by atoms with Crippen LogP contribution in [0.3, 0.4) is 0 Å². The van der Waals surface area contributed by atoms with Crippen molar-refractivity contribution in [3.63, 3.8) is 0 Å². The maximum absolute atomic E-state index is 11.0. The molecule has 1 aromatic carbocycles. The quantitative estimate of drug-likeness (QED) is 0.917. The lowest BCUT2D eigenvalue weighted by molar-refractivity contribution is -0.118. The fraction of sp³-hybridized carbons (Fsp3) is 0.375. The summed E-state index contributed by atoms with van der Waals surface area (Å²) < 4.78 is 0. The topological polar surface area (TPSA) is 59.2 Å². The predicted molar refractivity (Wildman–Crippen MR) is 79.2 cm³/mol. The number of primary amides is 1. The Kier molecular flexibility index (Phi) is 3.65. The molecule has 2 heterocycles. The van der Waals surface area contributed by atoms with Crippen LogP contribution in [0.2, 0.25) is 0 Å². The van der Waals surface area contributed by atoms with Gasteiger partial charge in [-0.1, -0.05) is 18.2 Å². The van der Waals surface area contributed by atoms with E-state index in [1.807, 2.05) is 18.3 Å². The molecule has 0 spiro atoms. The number of rotatable bonds is 4. The first-order valence-corrected chi connectivity index (χ1v) is 7.05. The van der Waals surface area contributed by atoms with Gasteiger partial charge in [-0.2, -0.15) is 0 Å². The van der Waals surface area contributed by atoms with Crippen molar-refractivity contribution in [1.29, 1.82) is 0 Å². The maximum atomic E-state index is 11.0. The summed E-state index contributed by atoms with van der Waals surface area (Å²) in [7, 11) is 0. The molecule has 1 aliphatic heterocycles. The Labute approximate surface area is 118 Å². The number of hydrogen-bond donors (Lipinski definition) is 1. The lowest BCUT2D eigenvalue weighted by Gasteiger charge is -2.14. The molecule has 1 fully saturated rings. The smallest absolute Gasteiger partial charge is 0.231 e. The van der Waals surface area contributed by atoms with Gasteiger partial charge in [0.25, 0.3) is 0 Å². The molecular formula is C16H19N3O. The summed E-state index contributed by atoms with van der Waals surface area (Å²) in [6, 6.07) is 10.4. The summed E-state index contributed by atoms with van der Waals surface area (Å²) in [5.41, 5.74) is 7.66. The first-order valence-electron chi connectivity index (χ1n) is 7.05. The van der Waals surface area contributed by atoms with E-state index in [0.717, 1.165) is 31.4 Å². The molecule has 3 rings (SSSR count). The van der Waals surface area contributed by atoms with Crippen LogP contribution >= 0.6 is 0 Å². The van der Waals surface area contributed by atoms with Gasteiger partial charge in [0.2, 0.25) is 5.91 Å². The van der Waals surface area contributed by atoms with Gasteiger partial charge in [-0.05, 0) is 43.0 Å². The summed E-state index contributed by atoms with van der Waals surface area (Å²) in [5, 5.41) is 1.24. The minimum absolute atomic E-state index is 0.236. The lowest BCUT2D eigenvalue weighted by Crippen LogP contribution is -2.32. The van der Waals surface area contributed by atoms with Crippen molar-refractivity contribution < 1.29 is 4.79 Å². The molecule has 1 unspecified atom stereocenters. The van der Waals surface area contributed by atoms with Gasteiger partial charge in [0, 0.05) is 18.1 Å². The van der Waals surface area contributed by atoms with Crippen molar-refractivity contribution in [3.05, 3.63) is 42.1 Å². The Bertz CT molecular complexity index is 621. The third-order valence-corrected chi connectivity index (χ3v) is 3.99. The van der Waals surface area contributed by atoms with E-state index >= 15 is 0 Å². The molecule has 4 heteroatoms. The first-order chi connectivity index (χ1) is 9.72. The van der Waals surface area contributed by atoms with Crippen LogP contribution in [0.15, 0.2) is 36.5 Å². The summed E-state index contributed by atoms with van der Waals surface area (Å²) in [4.78, 5) is 17.5. The lowest BCUT2D eigenvalue weighted by atomic mass is 9.96. The summed E-state index contributed by atoms with van der Waals surface area (Å²) in [6.45, 7) is 2.31. The minimum atomic E-state index is -0.236. The molecule has 20 heavy (non-hydrogen) atoms. The van der Waals surface area contributed by atoms with E-state index in [-0.39, 0.29) is 5.91 Å². The van der Waals surface area contributed by atoms with Crippen molar-refractivity contribution in [2.45, 2.75) is 12.8 Å². The van der Waals surface area contributed by atoms with Crippen LogP contribution in [-0.4, -0.2) is 35.4 Å². The molecule has 1 amide bonds. The van der Waals surface area contributed by atoms with Crippen molar-refractivity contribution in [1.82, 2.24) is 9.88 Å². The highest BCUT2D eigenvalue weighted by Crippen LogP contribution is 2.24. The number of nitrogens with two attached hydrogens (primary N) is 1. The molecule has 2 aromatic rings. The van der Waals surface area contributed by atoms with E-state index < -0.39 is 0 Å². The van der Waals surface area contributed by atoms with Crippen LogP contribution in [0.25, 0.3) is 10.9 Å². The Balaban J connectivity index is 1.73. The van der Waals surface area contributed by atoms with Crippen LogP contribution in [0.1, 0.15) is 12.0 Å². The monoisotopic (exact) mass is 269 g/mol. The van der Waals surface area contributed by atoms with Crippen molar-refractivity contribution >= 4 is 16.8 Å². The highest BCUT2D eigenvalue weighted by atomic mass is 16.1. The number of hydrogen-bond acceptors (Lipinski definition) is 3. The second-order valence-electron chi connectivity index (χ2n) is 5.55. The molecule has 0 aliphatic carbocycles. The first kappa shape index (κ1) is 13.1. The van der Waals surface area contributed by atoms with Gasteiger partial charge in [-0.3, -0.25) is 14.7 Å². The van der Waals surface area contributed by atoms with Gasteiger partial charge in [-0.25, -0.2) is 0 Å². The maximum Gasteiger partial charge on any atom is 0.231 e. The average molecular weight is 269 g/mol. The highest BCUT2D eigenvalue weighted by Gasteiger charge is 2.23. The third kappa shape index (κ3) is 2.80. The van der Waals surface area contributed by atoms with Crippen LogP contribution in [0.4, 0.5) is 0 Å². The number of amides is 1. The summed E-state index contributed by atoms with van der Waals surface area (Å²) in [5.74, 6) is 0.361. The number of nitrogens with zero attached hydrogens (tertiary/aromatic N) is 2. The zero-order chi connectivity index (χ0) is 13.9. The molecule has 104 valence electrons. The van der Waals surface area contributed by atoms with Crippen LogP contribution in [0.5, 0.6) is 0 Å². The fourth-order valence-electron chi connectivity index (χ4n) is 3.10. The molecule has 1 atom stereocenters. The molecule has 2 N–H and O–H groups in total. The number of aromatic nitrogens is 1. The second kappa shape index (κ2) is 5.59. The standard InChI is InChI=1S/C16H19N3O/c17-16(20)11-19-8-6-12(10-19)9-13-3-1-5-15-14(13)4-2-7-18-15/h1-5,7,12H,6,8-11H2,(H2,17,20). The van der Waals surface area contributed by atoms with Crippen LogP contribution in [0, 0.1) is 5.92 Å². The zero-order valence-electron chi connectivity index (χ0n) is 11.5. The number of pyridine rings is 1. The zero-order valence-corrected chi connectivity index (χ0v) is 11.5. The van der Waals surface area contributed by atoms with Crippen LogP contribution < -0.4 is 5.73 Å². The van der Waals surface area contributed by atoms with Gasteiger partial charge < -0.3 is 5.73 Å². The molecule has 1 aliphatic rings. The molecule has 1 saturated heterocycles. The molecule has 0 bridgehead atoms. The Morgan fingerprint density at radius 1 is 1.35 bits per heavy atom. The van der Waals surface area contributed by atoms with Crippen LogP contribution in [-0.2, 0) is 11.2 Å². The number of likely N-dealkylation sites (tertiary alicyclic amines) is 1. The van der Waals surface area contributed by atoms with Crippen molar-refractivity contribution in [2.75, 3.05) is 19.6 Å². The molecule has 0 radical (unpaired) electrons. The van der Waals surface area contributed by atoms with Gasteiger partial charge in [-0.15, -0.1) is 0 Å². The van der Waals surface area contributed by atoms with E-state index in [9.17, 15) is 4.79 Å². The van der Waals surface area contributed by atoms with Crippen molar-refractivity contribution in [3.8, 4) is 0 Å². The largest absolute Gasteiger partial charge is 0.369 e. The summed E-state index contributed by atoms with van der Waals surface area (Å²) >= 11 is 0. The molecule has 4 nitrogen and oxygen atoms in total. The Morgan fingerprint density at radius 2 is 2.25 bits per heavy atom. The predicted octanol–water partition coefficient (Wildman–Crippen LogP) is 1.58. The normalized spacial score (nSPS) is 19.5. The Morgan fingerprint density at radius 3 is 3.10 bits per heavy atom. The van der Waals surface area contributed by atoms with Gasteiger partial charge in [0.15, 0.2) is 0 Å². The summed E-state index contributed by atoms with van der Waals surface area (Å²) in [6.07, 6.45) is 4.00. The van der Waals surface area contributed by atoms with E-state index in [0.29, 0.717) is 12.5 Å². The SMILES string of the molecule is NC(=O)CN1CCC(Cc2cccc3ncccc23)C1. The number of carbonyl (C=O) groups is 1. The third-order valence-electron chi connectivity index (χ3n) is 3.99. The van der Waals surface area contributed by atoms with Gasteiger partial charge in [0.05, 0.1) is 12.1 Å². The highest BCUT2D eigenvalue weighted by molar-refractivity contribution is 5.82. The van der Waals surface area contributed by atoms with Crippen molar-refractivity contribution in [2.24, 2.45) is 11.7 Å². The van der Waals surface area contributed by atoms with Gasteiger partial charge in [0.1, 0.15) is 0 Å². The number of benzene rings is 1. The second-order valence-corrected chi connectivity index (χ2v) is 5.55. The molecular weight excluding hydrogens is 250 g/mol. The fourth-order valence-corrected chi connectivity index (χ4v) is 3.10. The number of fused-ring (bicyclic) bond motifs is 1.